The van der Waals surface area contributed by atoms with Crippen molar-refractivity contribution < 1.29 is 14.3 Å². The zero-order chi connectivity index (χ0) is 11.7. The number of hydrogen-bond acceptors (Lipinski definition) is 4. The van der Waals surface area contributed by atoms with Crippen LogP contribution in [0, 0.1) is 0 Å². The zero-order valence-electron chi connectivity index (χ0n) is 9.84. The molecule has 4 nitrogen and oxygen atoms in total. The first-order chi connectivity index (χ1) is 7.07. The highest BCUT2D eigenvalue weighted by molar-refractivity contribution is 5.75. The van der Waals surface area contributed by atoms with Gasteiger partial charge in [-0.05, 0) is 20.8 Å². The second-order valence-corrected chi connectivity index (χ2v) is 3.44. The molecule has 0 saturated heterocycles. The van der Waals surface area contributed by atoms with Gasteiger partial charge in [0.1, 0.15) is 6.04 Å². The first kappa shape index (κ1) is 14.1. The average molecular weight is 215 g/mol. The third-order valence-electron chi connectivity index (χ3n) is 1.69. The van der Waals surface area contributed by atoms with Gasteiger partial charge in [-0.2, -0.15) is 0 Å². The number of ether oxygens (including phenoxy) is 2. The van der Waals surface area contributed by atoms with E-state index in [4.69, 9.17) is 9.47 Å². The zero-order valence-corrected chi connectivity index (χ0v) is 9.84. The molecular formula is C11H21NO3. The van der Waals surface area contributed by atoms with E-state index >= 15 is 0 Å². The Hall–Kier alpha value is -0.870. The third kappa shape index (κ3) is 8.15. The van der Waals surface area contributed by atoms with Crippen LogP contribution in [0.25, 0.3) is 0 Å². The Morgan fingerprint density at radius 2 is 2.20 bits per heavy atom. The SMILES string of the molecule is C=C(C)COCCNC(C)C(=O)OCC. The molecule has 1 unspecified atom stereocenters. The maximum atomic E-state index is 11.2. The molecule has 88 valence electrons. The molecule has 0 aromatic heterocycles. The summed E-state index contributed by atoms with van der Waals surface area (Å²) in [5.74, 6) is -0.225. The lowest BCUT2D eigenvalue weighted by atomic mass is 10.3. The second kappa shape index (κ2) is 8.44. The van der Waals surface area contributed by atoms with Crippen LogP contribution in [0.15, 0.2) is 12.2 Å². The van der Waals surface area contributed by atoms with Crippen molar-refractivity contribution in [3.63, 3.8) is 0 Å². The first-order valence-corrected chi connectivity index (χ1v) is 5.20. The molecule has 0 amide bonds. The highest BCUT2D eigenvalue weighted by Crippen LogP contribution is 1.89. The maximum absolute atomic E-state index is 11.2. The van der Waals surface area contributed by atoms with Crippen molar-refractivity contribution in [2.45, 2.75) is 26.8 Å². The standard InChI is InChI=1S/C11H21NO3/c1-5-15-11(13)10(4)12-6-7-14-8-9(2)3/h10,12H,2,5-8H2,1,3-4H3. The van der Waals surface area contributed by atoms with E-state index in [0.29, 0.717) is 26.4 Å². The van der Waals surface area contributed by atoms with Crippen LogP contribution in [0.4, 0.5) is 0 Å². The minimum absolute atomic E-state index is 0.225. The fourth-order valence-corrected chi connectivity index (χ4v) is 0.945. The van der Waals surface area contributed by atoms with E-state index in [-0.39, 0.29) is 12.0 Å². The number of carbonyl (C=O) groups is 1. The summed E-state index contributed by atoms with van der Waals surface area (Å²) in [6, 6.07) is -0.279. The van der Waals surface area contributed by atoms with E-state index in [1.54, 1.807) is 13.8 Å². The largest absolute Gasteiger partial charge is 0.465 e. The molecule has 0 spiro atoms. The normalized spacial score (nSPS) is 12.2. The lowest BCUT2D eigenvalue weighted by Gasteiger charge is -2.12. The van der Waals surface area contributed by atoms with Gasteiger partial charge in [-0.25, -0.2) is 0 Å². The fourth-order valence-electron chi connectivity index (χ4n) is 0.945. The van der Waals surface area contributed by atoms with Gasteiger partial charge in [-0.15, -0.1) is 0 Å². The Balaban J connectivity index is 3.42. The fraction of sp³-hybridized carbons (Fsp3) is 0.727. The molecule has 0 saturated carbocycles. The molecule has 0 aliphatic carbocycles. The molecule has 15 heavy (non-hydrogen) atoms. The predicted octanol–water partition coefficient (Wildman–Crippen LogP) is 1.12. The molecule has 0 bridgehead atoms. The molecular weight excluding hydrogens is 194 g/mol. The van der Waals surface area contributed by atoms with Crippen molar-refractivity contribution >= 4 is 5.97 Å². The van der Waals surface area contributed by atoms with Gasteiger partial charge in [-0.1, -0.05) is 12.2 Å². The number of rotatable bonds is 8. The van der Waals surface area contributed by atoms with E-state index in [1.807, 2.05) is 6.92 Å². The highest BCUT2D eigenvalue weighted by atomic mass is 16.5. The summed E-state index contributed by atoms with van der Waals surface area (Å²) < 4.78 is 10.1. The lowest BCUT2D eigenvalue weighted by Crippen LogP contribution is -2.37. The Bertz CT molecular complexity index is 204. The number of carbonyl (C=O) groups excluding carboxylic acids is 1. The summed E-state index contributed by atoms with van der Waals surface area (Å²) in [6.45, 7) is 11.4. The molecule has 0 aromatic carbocycles. The maximum Gasteiger partial charge on any atom is 0.322 e. The summed E-state index contributed by atoms with van der Waals surface area (Å²) in [6.07, 6.45) is 0. The molecule has 1 N–H and O–H groups in total. The van der Waals surface area contributed by atoms with Crippen LogP contribution in [0.1, 0.15) is 20.8 Å². The van der Waals surface area contributed by atoms with Crippen molar-refractivity contribution in [2.75, 3.05) is 26.4 Å². The third-order valence-corrected chi connectivity index (χ3v) is 1.69. The monoisotopic (exact) mass is 215 g/mol. The minimum Gasteiger partial charge on any atom is -0.465 e. The van der Waals surface area contributed by atoms with Crippen LogP contribution in [0.5, 0.6) is 0 Å². The number of hydrogen-bond donors (Lipinski definition) is 1. The second-order valence-electron chi connectivity index (χ2n) is 3.44. The van der Waals surface area contributed by atoms with Crippen molar-refractivity contribution in [3.05, 3.63) is 12.2 Å². The van der Waals surface area contributed by atoms with Crippen molar-refractivity contribution in [2.24, 2.45) is 0 Å². The molecule has 0 aromatic rings. The van der Waals surface area contributed by atoms with E-state index in [0.717, 1.165) is 5.57 Å². The van der Waals surface area contributed by atoms with Crippen LogP contribution in [-0.4, -0.2) is 38.4 Å². The van der Waals surface area contributed by atoms with Crippen molar-refractivity contribution in [3.8, 4) is 0 Å². The summed E-state index contributed by atoms with van der Waals surface area (Å²) >= 11 is 0. The Morgan fingerprint density at radius 1 is 1.53 bits per heavy atom. The lowest BCUT2D eigenvalue weighted by molar-refractivity contribution is -0.145. The van der Waals surface area contributed by atoms with Crippen LogP contribution >= 0.6 is 0 Å². The van der Waals surface area contributed by atoms with Crippen molar-refractivity contribution in [1.82, 2.24) is 5.32 Å². The van der Waals surface area contributed by atoms with Gasteiger partial charge in [0.25, 0.3) is 0 Å². The number of esters is 1. The van der Waals surface area contributed by atoms with Crippen LogP contribution in [0.3, 0.4) is 0 Å². The van der Waals surface area contributed by atoms with Gasteiger partial charge >= 0.3 is 5.97 Å². The Kier molecular flexibility index (Phi) is 7.95. The predicted molar refractivity (Wildman–Crippen MR) is 59.7 cm³/mol. The molecule has 1 atom stereocenters. The van der Waals surface area contributed by atoms with Gasteiger partial charge in [0.05, 0.1) is 19.8 Å². The topological polar surface area (TPSA) is 47.6 Å². The van der Waals surface area contributed by atoms with Crippen LogP contribution in [0.2, 0.25) is 0 Å². The quantitative estimate of drug-likeness (QED) is 0.374. The Labute approximate surface area is 91.6 Å². The smallest absolute Gasteiger partial charge is 0.322 e. The average Bonchev–Trinajstić information content (AvgIpc) is 2.16. The molecule has 0 radical (unpaired) electrons. The summed E-state index contributed by atoms with van der Waals surface area (Å²) in [5, 5.41) is 3.01. The molecule has 0 aliphatic rings. The number of nitrogens with one attached hydrogen (secondary N) is 1. The van der Waals surface area contributed by atoms with E-state index in [1.165, 1.54) is 0 Å². The van der Waals surface area contributed by atoms with Gasteiger partial charge < -0.3 is 14.8 Å². The van der Waals surface area contributed by atoms with Crippen LogP contribution < -0.4 is 5.32 Å². The highest BCUT2D eigenvalue weighted by Gasteiger charge is 2.11. The summed E-state index contributed by atoms with van der Waals surface area (Å²) in [7, 11) is 0. The Morgan fingerprint density at radius 3 is 2.73 bits per heavy atom. The molecule has 0 heterocycles. The first-order valence-electron chi connectivity index (χ1n) is 5.20. The van der Waals surface area contributed by atoms with Gasteiger partial charge in [0.15, 0.2) is 0 Å². The van der Waals surface area contributed by atoms with Crippen molar-refractivity contribution in [1.29, 1.82) is 0 Å². The molecule has 4 heteroatoms. The molecule has 0 aliphatic heterocycles. The van der Waals surface area contributed by atoms with E-state index < -0.39 is 0 Å². The van der Waals surface area contributed by atoms with Gasteiger partial charge in [0, 0.05) is 6.54 Å². The van der Waals surface area contributed by atoms with Gasteiger partial charge in [0.2, 0.25) is 0 Å². The minimum atomic E-state index is -0.279. The van der Waals surface area contributed by atoms with Crippen LogP contribution in [-0.2, 0) is 14.3 Å². The molecule has 0 fully saturated rings. The van der Waals surface area contributed by atoms with E-state index in [2.05, 4.69) is 11.9 Å². The summed E-state index contributed by atoms with van der Waals surface area (Å²) in [5.41, 5.74) is 0.994. The summed E-state index contributed by atoms with van der Waals surface area (Å²) in [4.78, 5) is 11.2. The van der Waals surface area contributed by atoms with E-state index in [9.17, 15) is 4.79 Å². The molecule has 0 rings (SSSR count). The van der Waals surface area contributed by atoms with Gasteiger partial charge in [-0.3, -0.25) is 4.79 Å².